The van der Waals surface area contributed by atoms with Crippen LogP contribution in [-0.4, -0.2) is 49.0 Å². The number of aromatic nitrogens is 2. The van der Waals surface area contributed by atoms with E-state index in [4.69, 9.17) is 14.5 Å². The molecule has 1 unspecified atom stereocenters. The number of anilines is 1. The zero-order valence-corrected chi connectivity index (χ0v) is 15.3. The van der Waals surface area contributed by atoms with Crippen molar-refractivity contribution in [2.75, 3.05) is 37.8 Å². The Morgan fingerprint density at radius 3 is 2.83 bits per heavy atom. The predicted octanol–water partition coefficient (Wildman–Crippen LogP) is 3.33. The van der Waals surface area contributed by atoms with Crippen molar-refractivity contribution >= 4 is 27.4 Å². The Balaban J connectivity index is 1.41. The Kier molecular flexibility index (Phi) is 4.70. The molecule has 6 heteroatoms. The van der Waals surface area contributed by atoms with Gasteiger partial charge in [-0.2, -0.15) is 0 Å². The molecular formula is C18H25N3O2S. The summed E-state index contributed by atoms with van der Waals surface area (Å²) in [5.41, 5.74) is 1.28. The smallest absolute Gasteiger partial charge is 0.141 e. The van der Waals surface area contributed by atoms with Gasteiger partial charge in [0.15, 0.2) is 0 Å². The Morgan fingerprint density at radius 2 is 2.08 bits per heavy atom. The molecule has 130 valence electrons. The maximum atomic E-state index is 6.13. The number of fused-ring (bicyclic) bond motifs is 1. The second-order valence-electron chi connectivity index (χ2n) is 6.94. The molecule has 0 N–H and O–H groups in total. The molecule has 0 spiro atoms. The van der Waals surface area contributed by atoms with Crippen LogP contribution in [0.25, 0.3) is 10.2 Å². The fraction of sp³-hybridized carbons (Fsp3) is 0.667. The van der Waals surface area contributed by atoms with Crippen LogP contribution in [0.3, 0.4) is 0 Å². The summed E-state index contributed by atoms with van der Waals surface area (Å²) >= 11 is 1.71. The van der Waals surface area contributed by atoms with Gasteiger partial charge in [0.1, 0.15) is 16.5 Å². The number of ether oxygens (including phenoxy) is 2. The summed E-state index contributed by atoms with van der Waals surface area (Å²) in [5, 5.41) is 3.41. The van der Waals surface area contributed by atoms with E-state index in [0.717, 1.165) is 68.6 Å². The van der Waals surface area contributed by atoms with E-state index in [1.807, 2.05) is 6.92 Å². The summed E-state index contributed by atoms with van der Waals surface area (Å²) in [6.45, 7) is 8.77. The lowest BCUT2D eigenvalue weighted by Gasteiger charge is -2.33. The molecule has 2 aromatic heterocycles. The Bertz CT molecular complexity index is 704. The third-order valence-electron chi connectivity index (χ3n) is 5.04. The molecule has 2 fully saturated rings. The summed E-state index contributed by atoms with van der Waals surface area (Å²) in [6.07, 6.45) is 3.67. The van der Waals surface area contributed by atoms with Crippen molar-refractivity contribution in [2.24, 2.45) is 5.92 Å². The maximum absolute atomic E-state index is 6.13. The van der Waals surface area contributed by atoms with Crippen molar-refractivity contribution in [3.63, 3.8) is 0 Å². The SMILES string of the molecule is Cc1nc(N2CCC(OCC3CCOC3)CC2)c2c(C)csc2n1. The highest BCUT2D eigenvalue weighted by Gasteiger charge is 2.25. The van der Waals surface area contributed by atoms with Crippen molar-refractivity contribution in [2.45, 2.75) is 39.2 Å². The van der Waals surface area contributed by atoms with Crippen LogP contribution >= 0.6 is 11.3 Å². The van der Waals surface area contributed by atoms with Crippen LogP contribution in [0.15, 0.2) is 5.38 Å². The Hall–Kier alpha value is -1.24. The Morgan fingerprint density at radius 1 is 1.25 bits per heavy atom. The van der Waals surface area contributed by atoms with Crippen LogP contribution in [0.1, 0.15) is 30.7 Å². The third kappa shape index (κ3) is 3.27. The first kappa shape index (κ1) is 16.2. The van der Waals surface area contributed by atoms with E-state index < -0.39 is 0 Å². The average molecular weight is 347 g/mol. The van der Waals surface area contributed by atoms with E-state index in [0.29, 0.717) is 12.0 Å². The molecule has 24 heavy (non-hydrogen) atoms. The highest BCUT2D eigenvalue weighted by atomic mass is 32.1. The second kappa shape index (κ2) is 6.94. The zero-order chi connectivity index (χ0) is 16.5. The van der Waals surface area contributed by atoms with E-state index in [2.05, 4.69) is 22.2 Å². The van der Waals surface area contributed by atoms with Crippen molar-refractivity contribution < 1.29 is 9.47 Å². The molecular weight excluding hydrogens is 322 g/mol. The third-order valence-corrected chi connectivity index (χ3v) is 6.03. The van der Waals surface area contributed by atoms with Crippen LogP contribution in [0, 0.1) is 19.8 Å². The number of hydrogen-bond donors (Lipinski definition) is 0. The van der Waals surface area contributed by atoms with Gasteiger partial charge in [0.05, 0.1) is 24.7 Å². The van der Waals surface area contributed by atoms with Crippen molar-refractivity contribution in [3.05, 3.63) is 16.8 Å². The van der Waals surface area contributed by atoms with Crippen LogP contribution in [0.2, 0.25) is 0 Å². The molecule has 2 aromatic rings. The number of hydrogen-bond acceptors (Lipinski definition) is 6. The number of thiophene rings is 1. The summed E-state index contributed by atoms with van der Waals surface area (Å²) in [4.78, 5) is 12.9. The second-order valence-corrected chi connectivity index (χ2v) is 7.80. The number of rotatable bonds is 4. The lowest BCUT2D eigenvalue weighted by molar-refractivity contribution is 0.0131. The number of aryl methyl sites for hydroxylation is 2. The van der Waals surface area contributed by atoms with Gasteiger partial charge in [-0.1, -0.05) is 0 Å². The normalized spacial score (nSPS) is 22.6. The number of nitrogens with zero attached hydrogens (tertiary/aromatic N) is 3. The molecule has 2 saturated heterocycles. The molecule has 0 amide bonds. The van der Waals surface area contributed by atoms with Crippen LogP contribution < -0.4 is 4.90 Å². The molecule has 0 aromatic carbocycles. The van der Waals surface area contributed by atoms with Gasteiger partial charge in [-0.25, -0.2) is 9.97 Å². The summed E-state index contributed by atoms with van der Waals surface area (Å²) in [6, 6.07) is 0. The van der Waals surface area contributed by atoms with E-state index in [9.17, 15) is 0 Å². The largest absolute Gasteiger partial charge is 0.381 e. The van der Waals surface area contributed by atoms with E-state index in [1.165, 1.54) is 10.9 Å². The fourth-order valence-electron chi connectivity index (χ4n) is 3.62. The molecule has 0 bridgehead atoms. The zero-order valence-electron chi connectivity index (χ0n) is 14.5. The van der Waals surface area contributed by atoms with Gasteiger partial charge in [-0.3, -0.25) is 0 Å². The van der Waals surface area contributed by atoms with Crippen molar-refractivity contribution in [1.29, 1.82) is 0 Å². The van der Waals surface area contributed by atoms with Gasteiger partial charge in [-0.05, 0) is 44.1 Å². The van der Waals surface area contributed by atoms with E-state index in [1.54, 1.807) is 11.3 Å². The van der Waals surface area contributed by atoms with Gasteiger partial charge in [0.2, 0.25) is 0 Å². The molecule has 4 heterocycles. The lowest BCUT2D eigenvalue weighted by Crippen LogP contribution is -2.38. The standard InChI is InChI=1S/C18H25N3O2S/c1-12-11-24-18-16(12)17(19-13(2)20-18)21-6-3-15(4-7-21)23-10-14-5-8-22-9-14/h11,14-15H,3-10H2,1-2H3. The van der Waals surface area contributed by atoms with Crippen LogP contribution in [0.4, 0.5) is 5.82 Å². The minimum absolute atomic E-state index is 0.379. The molecule has 0 saturated carbocycles. The van der Waals surface area contributed by atoms with Gasteiger partial charge in [0.25, 0.3) is 0 Å². The lowest BCUT2D eigenvalue weighted by atomic mass is 10.1. The fourth-order valence-corrected chi connectivity index (χ4v) is 4.58. The number of piperidine rings is 1. The van der Waals surface area contributed by atoms with Crippen LogP contribution in [0.5, 0.6) is 0 Å². The summed E-state index contributed by atoms with van der Waals surface area (Å²) in [7, 11) is 0. The molecule has 2 aliphatic heterocycles. The molecule has 0 radical (unpaired) electrons. The van der Waals surface area contributed by atoms with Gasteiger partial charge in [0, 0.05) is 25.6 Å². The first-order chi connectivity index (χ1) is 11.7. The summed E-state index contributed by atoms with van der Waals surface area (Å²) in [5.74, 6) is 2.57. The van der Waals surface area contributed by atoms with Crippen molar-refractivity contribution in [3.8, 4) is 0 Å². The van der Waals surface area contributed by atoms with Gasteiger partial charge >= 0.3 is 0 Å². The summed E-state index contributed by atoms with van der Waals surface area (Å²) < 4.78 is 11.6. The Labute approximate surface area is 147 Å². The molecule has 2 aliphatic rings. The van der Waals surface area contributed by atoms with E-state index in [-0.39, 0.29) is 0 Å². The van der Waals surface area contributed by atoms with E-state index >= 15 is 0 Å². The topological polar surface area (TPSA) is 47.5 Å². The molecule has 1 atom stereocenters. The minimum Gasteiger partial charge on any atom is -0.381 e. The molecule has 0 aliphatic carbocycles. The van der Waals surface area contributed by atoms with Gasteiger partial charge < -0.3 is 14.4 Å². The molecule has 5 nitrogen and oxygen atoms in total. The predicted molar refractivity (Wildman–Crippen MR) is 97.0 cm³/mol. The average Bonchev–Trinajstić information content (AvgIpc) is 3.23. The van der Waals surface area contributed by atoms with Crippen molar-refractivity contribution in [1.82, 2.24) is 9.97 Å². The maximum Gasteiger partial charge on any atom is 0.141 e. The molecule has 4 rings (SSSR count). The minimum atomic E-state index is 0.379. The highest BCUT2D eigenvalue weighted by Crippen LogP contribution is 2.33. The van der Waals surface area contributed by atoms with Gasteiger partial charge in [-0.15, -0.1) is 11.3 Å². The monoisotopic (exact) mass is 347 g/mol. The highest BCUT2D eigenvalue weighted by molar-refractivity contribution is 7.17. The quantitative estimate of drug-likeness (QED) is 0.849. The van der Waals surface area contributed by atoms with Crippen LogP contribution in [-0.2, 0) is 9.47 Å². The first-order valence-corrected chi connectivity index (χ1v) is 9.75. The first-order valence-electron chi connectivity index (χ1n) is 8.87.